The Balaban J connectivity index is 2.24. The Hall–Kier alpha value is -1.77. The lowest BCUT2D eigenvalue weighted by atomic mass is 10.2. The monoisotopic (exact) mass is 296 g/mol. The van der Waals surface area contributed by atoms with E-state index in [1.165, 1.54) is 0 Å². The lowest BCUT2D eigenvalue weighted by molar-refractivity contribution is 0.273. The number of aromatic nitrogens is 3. The molecule has 2 rings (SSSR count). The third-order valence-corrected chi connectivity index (χ3v) is 4.58. The molecule has 0 spiro atoms. The van der Waals surface area contributed by atoms with Crippen LogP contribution < -0.4 is 4.72 Å². The standard InChI is InChI=1S/C12H16N4O3S/c1-8-3-4-13-5-10(8)6-14-20(18,19)12-9(2)15-16-11(12)7-17/h3-5,14,17H,6-7H2,1-2H3,(H,15,16). The number of hydrogen-bond acceptors (Lipinski definition) is 5. The van der Waals surface area contributed by atoms with Gasteiger partial charge in [0.05, 0.1) is 12.3 Å². The maximum atomic E-state index is 12.3. The molecule has 0 bridgehead atoms. The minimum Gasteiger partial charge on any atom is -0.390 e. The van der Waals surface area contributed by atoms with Gasteiger partial charge in [-0.15, -0.1) is 0 Å². The summed E-state index contributed by atoms with van der Waals surface area (Å²) >= 11 is 0. The van der Waals surface area contributed by atoms with E-state index in [0.717, 1.165) is 11.1 Å². The second-order valence-corrected chi connectivity index (χ2v) is 6.11. The summed E-state index contributed by atoms with van der Waals surface area (Å²) in [5.74, 6) is 0. The normalized spacial score (nSPS) is 11.8. The van der Waals surface area contributed by atoms with Gasteiger partial charge in [-0.3, -0.25) is 10.1 Å². The summed E-state index contributed by atoms with van der Waals surface area (Å²) < 4.78 is 27.0. The van der Waals surface area contributed by atoms with Crippen molar-refractivity contribution in [2.45, 2.75) is 31.9 Å². The van der Waals surface area contributed by atoms with Crippen molar-refractivity contribution in [2.75, 3.05) is 0 Å². The van der Waals surface area contributed by atoms with Crippen LogP contribution in [-0.4, -0.2) is 28.7 Å². The SMILES string of the molecule is Cc1ccncc1CNS(=O)(=O)c1c(CO)n[nH]c1C. The van der Waals surface area contributed by atoms with Crippen molar-refractivity contribution in [2.24, 2.45) is 0 Å². The summed E-state index contributed by atoms with van der Waals surface area (Å²) in [6.45, 7) is 3.17. The molecule has 8 heteroatoms. The number of H-pyrrole nitrogens is 1. The average Bonchev–Trinajstić information content (AvgIpc) is 2.80. The first-order chi connectivity index (χ1) is 9.45. The third kappa shape index (κ3) is 2.87. The molecule has 0 radical (unpaired) electrons. The summed E-state index contributed by atoms with van der Waals surface area (Å²) in [6.07, 6.45) is 3.27. The molecular weight excluding hydrogens is 280 g/mol. The molecule has 2 aromatic rings. The quantitative estimate of drug-likeness (QED) is 0.740. The predicted molar refractivity (Wildman–Crippen MR) is 72.2 cm³/mol. The fourth-order valence-corrected chi connectivity index (χ4v) is 3.22. The second-order valence-electron chi connectivity index (χ2n) is 4.41. The molecule has 0 atom stereocenters. The number of hydrogen-bond donors (Lipinski definition) is 3. The Morgan fingerprint density at radius 2 is 2.15 bits per heavy atom. The Morgan fingerprint density at radius 3 is 2.80 bits per heavy atom. The van der Waals surface area contributed by atoms with Crippen LogP contribution >= 0.6 is 0 Å². The highest BCUT2D eigenvalue weighted by Gasteiger charge is 2.23. The molecule has 0 fully saturated rings. The van der Waals surface area contributed by atoms with Crippen molar-refractivity contribution in [1.29, 1.82) is 0 Å². The van der Waals surface area contributed by atoms with E-state index in [0.29, 0.717) is 5.69 Å². The number of nitrogens with zero attached hydrogens (tertiary/aromatic N) is 2. The molecule has 0 aliphatic rings. The lowest BCUT2D eigenvalue weighted by Crippen LogP contribution is -2.25. The summed E-state index contributed by atoms with van der Waals surface area (Å²) in [5.41, 5.74) is 2.25. The molecule has 0 aliphatic heterocycles. The van der Waals surface area contributed by atoms with Gasteiger partial charge >= 0.3 is 0 Å². The van der Waals surface area contributed by atoms with Gasteiger partial charge in [0.1, 0.15) is 10.6 Å². The topological polar surface area (TPSA) is 108 Å². The maximum absolute atomic E-state index is 12.3. The van der Waals surface area contributed by atoms with Gasteiger partial charge < -0.3 is 5.11 Å². The third-order valence-electron chi connectivity index (χ3n) is 2.98. The van der Waals surface area contributed by atoms with Crippen LogP contribution in [0.5, 0.6) is 0 Å². The van der Waals surface area contributed by atoms with Crippen LogP contribution in [0, 0.1) is 13.8 Å². The minimum absolute atomic E-state index is 0.00143. The highest BCUT2D eigenvalue weighted by molar-refractivity contribution is 7.89. The Kier molecular flexibility index (Phi) is 4.17. The molecule has 0 saturated heterocycles. The van der Waals surface area contributed by atoms with Crippen molar-refractivity contribution in [3.05, 3.63) is 41.0 Å². The molecule has 0 aromatic carbocycles. The van der Waals surface area contributed by atoms with Gasteiger partial charge in [0.2, 0.25) is 10.0 Å². The largest absolute Gasteiger partial charge is 0.390 e. The number of nitrogens with one attached hydrogen (secondary N) is 2. The molecule has 0 aliphatic carbocycles. The van der Waals surface area contributed by atoms with Crippen molar-refractivity contribution >= 4 is 10.0 Å². The maximum Gasteiger partial charge on any atom is 0.244 e. The molecular formula is C12H16N4O3S. The first kappa shape index (κ1) is 14.6. The van der Waals surface area contributed by atoms with Gasteiger partial charge in [-0.1, -0.05) is 0 Å². The van der Waals surface area contributed by atoms with Gasteiger partial charge in [0, 0.05) is 18.9 Å². The zero-order chi connectivity index (χ0) is 14.8. The summed E-state index contributed by atoms with van der Waals surface area (Å²) in [7, 11) is -3.74. The Labute approximate surface area is 117 Å². The molecule has 0 amide bonds. The number of aryl methyl sites for hydroxylation is 2. The van der Waals surface area contributed by atoms with Crippen LogP contribution in [0.1, 0.15) is 22.5 Å². The van der Waals surface area contributed by atoms with E-state index in [1.807, 2.05) is 13.0 Å². The number of rotatable bonds is 5. The zero-order valence-corrected chi connectivity index (χ0v) is 12.0. The summed E-state index contributed by atoms with van der Waals surface area (Å²) in [5, 5.41) is 15.5. The van der Waals surface area contributed by atoms with Gasteiger partial charge in [-0.25, -0.2) is 13.1 Å². The molecule has 2 heterocycles. The predicted octanol–water partition coefficient (Wildman–Crippen LogP) is 0.392. The second kappa shape index (κ2) is 5.70. The Morgan fingerprint density at radius 1 is 1.40 bits per heavy atom. The van der Waals surface area contributed by atoms with Crippen LogP contribution in [0.3, 0.4) is 0 Å². The number of aliphatic hydroxyl groups is 1. The van der Waals surface area contributed by atoms with Crippen LogP contribution in [0.2, 0.25) is 0 Å². The van der Waals surface area contributed by atoms with Crippen molar-refractivity contribution in [1.82, 2.24) is 19.9 Å². The number of aliphatic hydroxyl groups excluding tert-OH is 1. The minimum atomic E-state index is -3.74. The number of sulfonamides is 1. The highest BCUT2D eigenvalue weighted by atomic mass is 32.2. The molecule has 0 unspecified atom stereocenters. The number of aromatic amines is 1. The van der Waals surface area contributed by atoms with E-state index in [-0.39, 0.29) is 17.1 Å². The smallest absolute Gasteiger partial charge is 0.244 e. The van der Waals surface area contributed by atoms with Crippen LogP contribution in [-0.2, 0) is 23.2 Å². The van der Waals surface area contributed by atoms with Crippen LogP contribution in [0.4, 0.5) is 0 Å². The molecule has 2 aromatic heterocycles. The zero-order valence-electron chi connectivity index (χ0n) is 11.2. The fourth-order valence-electron chi connectivity index (χ4n) is 1.86. The van der Waals surface area contributed by atoms with Gasteiger partial charge in [-0.2, -0.15) is 5.10 Å². The van der Waals surface area contributed by atoms with Crippen molar-refractivity contribution in [3.63, 3.8) is 0 Å². The van der Waals surface area contributed by atoms with Crippen molar-refractivity contribution < 1.29 is 13.5 Å². The molecule has 3 N–H and O–H groups in total. The summed E-state index contributed by atoms with van der Waals surface area (Å²) in [6, 6.07) is 1.81. The average molecular weight is 296 g/mol. The Bertz CT molecular complexity index is 709. The van der Waals surface area contributed by atoms with E-state index in [2.05, 4.69) is 19.9 Å². The number of pyridine rings is 1. The molecule has 20 heavy (non-hydrogen) atoms. The van der Waals surface area contributed by atoms with E-state index in [9.17, 15) is 8.42 Å². The van der Waals surface area contributed by atoms with E-state index < -0.39 is 16.6 Å². The van der Waals surface area contributed by atoms with Crippen LogP contribution in [0.15, 0.2) is 23.4 Å². The first-order valence-electron chi connectivity index (χ1n) is 5.99. The van der Waals surface area contributed by atoms with E-state index >= 15 is 0 Å². The van der Waals surface area contributed by atoms with Gasteiger partial charge in [-0.05, 0) is 31.0 Å². The van der Waals surface area contributed by atoms with Gasteiger partial charge in [0.15, 0.2) is 0 Å². The van der Waals surface area contributed by atoms with Crippen molar-refractivity contribution in [3.8, 4) is 0 Å². The molecule has 0 saturated carbocycles. The van der Waals surface area contributed by atoms with Crippen LogP contribution in [0.25, 0.3) is 0 Å². The highest BCUT2D eigenvalue weighted by Crippen LogP contribution is 2.18. The lowest BCUT2D eigenvalue weighted by Gasteiger charge is -2.08. The first-order valence-corrected chi connectivity index (χ1v) is 7.48. The van der Waals surface area contributed by atoms with Gasteiger partial charge in [0.25, 0.3) is 0 Å². The van der Waals surface area contributed by atoms with E-state index in [4.69, 9.17) is 5.11 Å². The molecule has 108 valence electrons. The fraction of sp³-hybridized carbons (Fsp3) is 0.333. The summed E-state index contributed by atoms with van der Waals surface area (Å²) in [4.78, 5) is 3.97. The molecule has 7 nitrogen and oxygen atoms in total. The van der Waals surface area contributed by atoms with E-state index in [1.54, 1.807) is 19.3 Å².